The van der Waals surface area contributed by atoms with Crippen LogP contribution in [0.2, 0.25) is 5.02 Å². The predicted octanol–water partition coefficient (Wildman–Crippen LogP) is 4.58. The van der Waals surface area contributed by atoms with Gasteiger partial charge in [0.05, 0.1) is 11.6 Å². The van der Waals surface area contributed by atoms with Crippen LogP contribution in [0, 0.1) is 12.8 Å². The van der Waals surface area contributed by atoms with Crippen LogP contribution in [0.3, 0.4) is 0 Å². The van der Waals surface area contributed by atoms with Crippen molar-refractivity contribution in [3.05, 3.63) is 70.4 Å². The summed E-state index contributed by atoms with van der Waals surface area (Å²) in [6.45, 7) is 1.82. The van der Waals surface area contributed by atoms with Crippen LogP contribution in [0.1, 0.15) is 40.5 Å². The van der Waals surface area contributed by atoms with Gasteiger partial charge in [0.2, 0.25) is 0 Å². The molecule has 1 saturated carbocycles. The molecule has 1 aliphatic rings. The minimum Gasteiger partial charge on any atom is -0.358 e. The minimum absolute atomic E-state index is 0.158. The lowest BCUT2D eigenvalue weighted by molar-refractivity contribution is -0.117. The first-order chi connectivity index (χ1) is 12.5. The molecule has 1 atom stereocenters. The third kappa shape index (κ3) is 3.13. The molecule has 1 aromatic heterocycles. The number of hydrogen-bond acceptors (Lipinski definition) is 2. The number of H-pyrrole nitrogens is 1. The number of aromatic nitrogens is 1. The fourth-order valence-electron chi connectivity index (χ4n) is 3.46. The Kier molecular flexibility index (Phi) is 4.29. The van der Waals surface area contributed by atoms with Crippen molar-refractivity contribution in [1.29, 1.82) is 0 Å². The number of para-hydroxylation sites is 1. The van der Waals surface area contributed by atoms with Gasteiger partial charge in [0, 0.05) is 21.6 Å². The standard InChI is InChI=1S/C21H19ClN2O2/c1-12-18(16-4-2-3-5-17(16)23-12)20(25)21(26)24-19(13-6-7-13)14-8-10-15(22)11-9-14/h2-5,8-11,13,19,23H,6-7H2,1H3,(H,24,26)/t19-/m1/s1. The number of rotatable bonds is 5. The van der Waals surface area contributed by atoms with Crippen LogP contribution in [0.15, 0.2) is 48.5 Å². The van der Waals surface area contributed by atoms with Gasteiger partial charge in [-0.1, -0.05) is 41.9 Å². The number of carbonyl (C=O) groups excluding carboxylic acids is 2. The summed E-state index contributed by atoms with van der Waals surface area (Å²) in [4.78, 5) is 28.7. The summed E-state index contributed by atoms with van der Waals surface area (Å²) in [7, 11) is 0. The van der Waals surface area contributed by atoms with Gasteiger partial charge in [0.25, 0.3) is 11.7 Å². The normalized spacial score (nSPS) is 15.0. The number of ketones is 1. The summed E-state index contributed by atoms with van der Waals surface area (Å²) in [5, 5.41) is 4.38. The summed E-state index contributed by atoms with van der Waals surface area (Å²) in [6, 6.07) is 14.8. The number of benzene rings is 2. The molecule has 132 valence electrons. The van der Waals surface area contributed by atoms with E-state index in [-0.39, 0.29) is 6.04 Å². The van der Waals surface area contributed by atoms with Crippen molar-refractivity contribution in [3.63, 3.8) is 0 Å². The number of carbonyl (C=O) groups is 2. The Labute approximate surface area is 156 Å². The van der Waals surface area contributed by atoms with E-state index in [1.54, 1.807) is 0 Å². The van der Waals surface area contributed by atoms with E-state index in [0.717, 1.165) is 29.3 Å². The van der Waals surface area contributed by atoms with Crippen LogP contribution < -0.4 is 5.32 Å². The molecular weight excluding hydrogens is 348 g/mol. The minimum atomic E-state index is -0.565. The highest BCUT2D eigenvalue weighted by atomic mass is 35.5. The Morgan fingerprint density at radius 1 is 1.12 bits per heavy atom. The van der Waals surface area contributed by atoms with E-state index in [4.69, 9.17) is 11.6 Å². The Morgan fingerprint density at radius 3 is 2.50 bits per heavy atom. The van der Waals surface area contributed by atoms with Crippen molar-refractivity contribution in [2.45, 2.75) is 25.8 Å². The molecule has 26 heavy (non-hydrogen) atoms. The summed E-state index contributed by atoms with van der Waals surface area (Å²) in [6.07, 6.45) is 2.10. The van der Waals surface area contributed by atoms with Crippen LogP contribution in [0.5, 0.6) is 0 Å². The van der Waals surface area contributed by atoms with Crippen molar-refractivity contribution in [1.82, 2.24) is 10.3 Å². The van der Waals surface area contributed by atoms with E-state index in [1.165, 1.54) is 0 Å². The molecule has 0 bridgehead atoms. The lowest BCUT2D eigenvalue weighted by Gasteiger charge is -2.18. The maximum absolute atomic E-state index is 12.9. The van der Waals surface area contributed by atoms with Gasteiger partial charge in [-0.05, 0) is 49.4 Å². The number of halogens is 1. The molecule has 4 rings (SSSR count). The number of aromatic amines is 1. The Balaban J connectivity index is 1.61. The Hall–Kier alpha value is -2.59. The van der Waals surface area contributed by atoms with Gasteiger partial charge in [-0.3, -0.25) is 9.59 Å². The smallest absolute Gasteiger partial charge is 0.292 e. The summed E-state index contributed by atoms with van der Waals surface area (Å²) < 4.78 is 0. The zero-order valence-corrected chi connectivity index (χ0v) is 15.1. The van der Waals surface area contributed by atoms with Crippen LogP contribution in [-0.2, 0) is 4.79 Å². The highest BCUT2D eigenvalue weighted by Crippen LogP contribution is 2.41. The van der Waals surface area contributed by atoms with Crippen molar-refractivity contribution in [2.24, 2.45) is 5.92 Å². The number of nitrogens with one attached hydrogen (secondary N) is 2. The van der Waals surface area contributed by atoms with Crippen LogP contribution in [0.4, 0.5) is 0 Å². The molecule has 3 aromatic rings. The topological polar surface area (TPSA) is 62.0 Å². The van der Waals surface area contributed by atoms with Gasteiger partial charge in [0.15, 0.2) is 0 Å². The molecule has 0 spiro atoms. The number of aryl methyl sites for hydroxylation is 1. The fraction of sp³-hybridized carbons (Fsp3) is 0.238. The average Bonchev–Trinajstić information content (AvgIpc) is 3.41. The molecule has 2 N–H and O–H groups in total. The van der Waals surface area contributed by atoms with Crippen molar-refractivity contribution < 1.29 is 9.59 Å². The number of amides is 1. The molecular formula is C21H19ClN2O2. The number of fused-ring (bicyclic) bond motifs is 1. The maximum Gasteiger partial charge on any atom is 0.292 e. The van der Waals surface area contributed by atoms with E-state index in [1.807, 2.05) is 55.5 Å². The molecule has 1 amide bonds. The molecule has 0 unspecified atom stereocenters. The first kappa shape index (κ1) is 16.9. The number of hydrogen-bond donors (Lipinski definition) is 2. The molecule has 0 aliphatic heterocycles. The van der Waals surface area contributed by atoms with Crippen LogP contribution in [0.25, 0.3) is 10.9 Å². The fourth-order valence-corrected chi connectivity index (χ4v) is 3.59. The van der Waals surface area contributed by atoms with E-state index >= 15 is 0 Å². The predicted molar refractivity (Wildman–Crippen MR) is 102 cm³/mol. The monoisotopic (exact) mass is 366 g/mol. The molecule has 2 aromatic carbocycles. The van der Waals surface area contributed by atoms with Gasteiger partial charge in [-0.2, -0.15) is 0 Å². The van der Waals surface area contributed by atoms with Gasteiger partial charge in [0.1, 0.15) is 0 Å². The van der Waals surface area contributed by atoms with Crippen molar-refractivity contribution in [3.8, 4) is 0 Å². The van der Waals surface area contributed by atoms with Crippen LogP contribution >= 0.6 is 11.6 Å². The van der Waals surface area contributed by atoms with E-state index < -0.39 is 11.7 Å². The first-order valence-corrected chi connectivity index (χ1v) is 9.10. The second kappa shape index (κ2) is 6.61. The highest BCUT2D eigenvalue weighted by Gasteiger charge is 2.35. The Morgan fingerprint density at radius 2 is 1.81 bits per heavy atom. The van der Waals surface area contributed by atoms with Crippen LogP contribution in [-0.4, -0.2) is 16.7 Å². The molecule has 0 radical (unpaired) electrons. The third-order valence-electron chi connectivity index (χ3n) is 4.94. The SMILES string of the molecule is Cc1[nH]c2ccccc2c1C(=O)C(=O)N[C@@H](c1ccc(Cl)cc1)C1CC1. The second-order valence-corrected chi connectivity index (χ2v) is 7.28. The highest BCUT2D eigenvalue weighted by molar-refractivity contribution is 6.45. The first-order valence-electron chi connectivity index (χ1n) is 8.72. The van der Waals surface area contributed by atoms with Gasteiger partial charge in [-0.15, -0.1) is 0 Å². The van der Waals surface area contributed by atoms with Crippen molar-refractivity contribution in [2.75, 3.05) is 0 Å². The Bertz CT molecular complexity index is 987. The summed E-state index contributed by atoms with van der Waals surface area (Å²) in [5.41, 5.74) is 3.00. The molecule has 4 nitrogen and oxygen atoms in total. The largest absolute Gasteiger partial charge is 0.358 e. The lowest BCUT2D eigenvalue weighted by atomic mass is 10.0. The summed E-state index contributed by atoms with van der Waals surface area (Å²) in [5.74, 6) is -0.693. The molecule has 1 heterocycles. The molecule has 1 fully saturated rings. The molecule has 0 saturated heterocycles. The summed E-state index contributed by atoms with van der Waals surface area (Å²) >= 11 is 5.96. The van der Waals surface area contributed by atoms with Gasteiger partial charge < -0.3 is 10.3 Å². The van der Waals surface area contributed by atoms with Gasteiger partial charge >= 0.3 is 0 Å². The number of Topliss-reactive ketones (excluding diaryl/α,β-unsaturated/α-hetero) is 1. The maximum atomic E-state index is 12.9. The van der Waals surface area contributed by atoms with Gasteiger partial charge in [-0.25, -0.2) is 0 Å². The second-order valence-electron chi connectivity index (χ2n) is 6.84. The van der Waals surface area contributed by atoms with E-state index in [9.17, 15) is 9.59 Å². The van der Waals surface area contributed by atoms with E-state index in [2.05, 4.69) is 10.3 Å². The zero-order chi connectivity index (χ0) is 18.3. The lowest BCUT2D eigenvalue weighted by Crippen LogP contribution is -2.35. The average molecular weight is 367 g/mol. The zero-order valence-electron chi connectivity index (χ0n) is 14.4. The quantitative estimate of drug-likeness (QED) is 0.513. The molecule has 5 heteroatoms. The third-order valence-corrected chi connectivity index (χ3v) is 5.19. The molecule has 1 aliphatic carbocycles. The van der Waals surface area contributed by atoms with E-state index in [0.29, 0.717) is 22.2 Å². The van der Waals surface area contributed by atoms with Crippen molar-refractivity contribution >= 4 is 34.2 Å².